The first kappa shape index (κ1) is 35.0. The third-order valence-electron chi connectivity index (χ3n) is 9.89. The molecule has 2 aromatic heterocycles. The second-order valence-electron chi connectivity index (χ2n) is 14.0. The van der Waals surface area contributed by atoms with E-state index < -0.39 is 40.6 Å². The average Bonchev–Trinajstić information content (AvgIpc) is 3.29. The van der Waals surface area contributed by atoms with Gasteiger partial charge in [0, 0.05) is 31.7 Å². The SMILES string of the molecule is CN1CCCN(Cc2ccc(-c3cccc(-n4c(=O)n([C@H]5CC[C@@H](NC(=O)C(C)(C)NC(=O)O)CC5)c(=O)c5cc(F)cnc54)c3)cc2)CC1. The molecule has 2 fully saturated rings. The summed E-state index contributed by atoms with van der Waals surface area (Å²) < 4.78 is 17.1. The summed E-state index contributed by atoms with van der Waals surface area (Å²) in [5.41, 5.74) is 1.12. The van der Waals surface area contributed by atoms with Crippen LogP contribution in [0.1, 0.15) is 57.6 Å². The maximum Gasteiger partial charge on any atom is 0.405 e. The number of nitrogens with zero attached hydrogens (tertiary/aromatic N) is 5. The van der Waals surface area contributed by atoms with Crippen molar-refractivity contribution >= 4 is 23.0 Å². The lowest BCUT2D eigenvalue weighted by molar-refractivity contribution is -0.127. The second kappa shape index (κ2) is 14.5. The molecule has 0 radical (unpaired) electrons. The number of pyridine rings is 1. The summed E-state index contributed by atoms with van der Waals surface area (Å²) in [6.07, 6.45) is 2.58. The molecule has 0 atom stereocenters. The number of carboxylic acid groups (broad SMARTS) is 1. The van der Waals surface area contributed by atoms with Crippen molar-refractivity contribution in [1.29, 1.82) is 0 Å². The summed E-state index contributed by atoms with van der Waals surface area (Å²) in [6, 6.07) is 16.2. The molecule has 2 aliphatic rings. The van der Waals surface area contributed by atoms with Gasteiger partial charge in [-0.2, -0.15) is 0 Å². The van der Waals surface area contributed by atoms with Crippen molar-refractivity contribution in [2.24, 2.45) is 0 Å². The molecule has 12 nitrogen and oxygen atoms in total. The number of carbonyl (C=O) groups is 2. The number of carbonyl (C=O) groups excluding carboxylic acids is 1. The quantitative estimate of drug-likeness (QED) is 0.252. The minimum atomic E-state index is -1.33. The van der Waals surface area contributed by atoms with Gasteiger partial charge in [0.2, 0.25) is 5.91 Å². The Kier molecular flexibility index (Phi) is 10.2. The van der Waals surface area contributed by atoms with Gasteiger partial charge < -0.3 is 20.6 Å². The molecular weight excluding hydrogens is 641 g/mol. The Morgan fingerprint density at radius 2 is 1.70 bits per heavy atom. The molecular formula is C37H44FN7O5. The molecule has 6 rings (SSSR count). The van der Waals surface area contributed by atoms with Crippen molar-refractivity contribution < 1.29 is 19.1 Å². The van der Waals surface area contributed by atoms with Crippen LogP contribution >= 0.6 is 0 Å². The molecule has 3 N–H and O–H groups in total. The fourth-order valence-corrected chi connectivity index (χ4v) is 7.05. The van der Waals surface area contributed by atoms with Crippen LogP contribution in [0.2, 0.25) is 0 Å². The van der Waals surface area contributed by atoms with E-state index in [2.05, 4.69) is 56.7 Å². The maximum absolute atomic E-state index is 14.5. The summed E-state index contributed by atoms with van der Waals surface area (Å²) in [5, 5.41) is 14.2. The molecule has 13 heteroatoms. The van der Waals surface area contributed by atoms with E-state index in [-0.39, 0.29) is 17.1 Å². The molecule has 264 valence electrons. The molecule has 1 saturated heterocycles. The largest absolute Gasteiger partial charge is 0.465 e. The van der Waals surface area contributed by atoms with Gasteiger partial charge in [0.25, 0.3) is 5.56 Å². The number of hydrogen-bond donors (Lipinski definition) is 3. The van der Waals surface area contributed by atoms with E-state index in [0.717, 1.165) is 62.5 Å². The third-order valence-corrected chi connectivity index (χ3v) is 9.89. The van der Waals surface area contributed by atoms with Crippen molar-refractivity contribution in [2.75, 3.05) is 33.2 Å². The first-order chi connectivity index (χ1) is 23.9. The standard InChI is InChI=1S/C37H44FN7O5/c1-37(2,41-35(48)49)34(47)40-28-12-14-29(15-13-28)45-33(46)31-21-27(38)22-39-32(31)44(36(45)50)30-7-4-6-26(20-30)25-10-8-24(9-11-25)23-43-17-5-16-42(3)18-19-43/h4,6-11,20-22,28-29,41H,5,12-19,23H2,1-3H3,(H,40,47)(H,48,49)/t28-,29+. The van der Waals surface area contributed by atoms with Crippen molar-refractivity contribution in [3.63, 3.8) is 0 Å². The molecule has 50 heavy (non-hydrogen) atoms. The van der Waals surface area contributed by atoms with Gasteiger partial charge in [0.05, 0.1) is 17.3 Å². The van der Waals surface area contributed by atoms with E-state index in [1.807, 2.05) is 18.2 Å². The van der Waals surface area contributed by atoms with Gasteiger partial charge in [-0.1, -0.05) is 36.4 Å². The molecule has 0 bridgehead atoms. The first-order valence-electron chi connectivity index (χ1n) is 17.1. The summed E-state index contributed by atoms with van der Waals surface area (Å²) in [7, 11) is 2.16. The van der Waals surface area contributed by atoms with E-state index in [1.165, 1.54) is 28.5 Å². The van der Waals surface area contributed by atoms with Crippen LogP contribution in [0.25, 0.3) is 27.8 Å². The summed E-state index contributed by atoms with van der Waals surface area (Å²) in [6.45, 7) is 8.11. The first-order valence-corrected chi connectivity index (χ1v) is 17.1. The highest BCUT2D eigenvalue weighted by molar-refractivity contribution is 5.89. The molecule has 0 spiro atoms. The van der Waals surface area contributed by atoms with Crippen LogP contribution in [0.3, 0.4) is 0 Å². The van der Waals surface area contributed by atoms with Gasteiger partial charge in [-0.05, 0) is 101 Å². The van der Waals surface area contributed by atoms with E-state index in [1.54, 1.807) is 6.07 Å². The highest BCUT2D eigenvalue weighted by atomic mass is 19.1. The number of halogens is 1. The Balaban J connectivity index is 1.27. The molecule has 0 unspecified atom stereocenters. The highest BCUT2D eigenvalue weighted by Gasteiger charge is 2.33. The van der Waals surface area contributed by atoms with Gasteiger partial charge in [-0.15, -0.1) is 0 Å². The number of nitrogens with one attached hydrogen (secondary N) is 2. The number of benzene rings is 2. The van der Waals surface area contributed by atoms with E-state index in [0.29, 0.717) is 31.4 Å². The van der Waals surface area contributed by atoms with Crippen molar-refractivity contribution in [3.05, 3.63) is 93.0 Å². The number of rotatable bonds is 8. The predicted octanol–water partition coefficient (Wildman–Crippen LogP) is 4.14. The minimum absolute atomic E-state index is 0.00372. The van der Waals surface area contributed by atoms with E-state index >= 15 is 0 Å². The van der Waals surface area contributed by atoms with Crippen LogP contribution in [-0.4, -0.2) is 85.8 Å². The number of fused-ring (bicyclic) bond motifs is 1. The maximum atomic E-state index is 14.5. The minimum Gasteiger partial charge on any atom is -0.465 e. The van der Waals surface area contributed by atoms with Crippen LogP contribution in [0.15, 0.2) is 70.4 Å². The zero-order valence-electron chi connectivity index (χ0n) is 28.7. The van der Waals surface area contributed by atoms with Crippen LogP contribution in [0.5, 0.6) is 0 Å². The van der Waals surface area contributed by atoms with Gasteiger partial charge in [-0.25, -0.2) is 23.5 Å². The highest BCUT2D eigenvalue weighted by Crippen LogP contribution is 2.29. The van der Waals surface area contributed by atoms with Crippen molar-refractivity contribution in [2.45, 2.75) is 70.1 Å². The Morgan fingerprint density at radius 3 is 2.42 bits per heavy atom. The zero-order chi connectivity index (χ0) is 35.6. The smallest absolute Gasteiger partial charge is 0.405 e. The Labute approximate surface area is 289 Å². The topological polar surface area (TPSA) is 142 Å². The van der Waals surface area contributed by atoms with Gasteiger partial charge in [0.1, 0.15) is 11.4 Å². The van der Waals surface area contributed by atoms with Crippen molar-refractivity contribution in [3.8, 4) is 16.8 Å². The van der Waals surface area contributed by atoms with Crippen LogP contribution in [0, 0.1) is 5.82 Å². The fraction of sp³-hybridized carbons (Fsp3) is 0.432. The number of aromatic nitrogens is 3. The lowest BCUT2D eigenvalue weighted by atomic mass is 9.90. The Morgan fingerprint density at radius 1 is 0.960 bits per heavy atom. The zero-order valence-corrected chi connectivity index (χ0v) is 28.7. The molecule has 3 heterocycles. The molecule has 1 aliphatic heterocycles. The number of likely N-dealkylation sites (N-methyl/N-ethyl adjacent to an activating group) is 1. The summed E-state index contributed by atoms with van der Waals surface area (Å²) in [4.78, 5) is 61.0. The second-order valence-corrected chi connectivity index (χ2v) is 14.0. The average molecular weight is 686 g/mol. The fourth-order valence-electron chi connectivity index (χ4n) is 7.05. The molecule has 1 saturated carbocycles. The summed E-state index contributed by atoms with van der Waals surface area (Å²) >= 11 is 0. The predicted molar refractivity (Wildman–Crippen MR) is 189 cm³/mol. The number of amides is 2. The van der Waals surface area contributed by atoms with Crippen LogP contribution in [0.4, 0.5) is 9.18 Å². The van der Waals surface area contributed by atoms with Crippen LogP contribution in [-0.2, 0) is 11.3 Å². The Bertz CT molecular complexity index is 2000. The summed E-state index contributed by atoms with van der Waals surface area (Å²) in [5.74, 6) is -1.15. The lowest BCUT2D eigenvalue weighted by Crippen LogP contribution is -2.56. The normalized spacial score (nSPS) is 19.2. The monoisotopic (exact) mass is 685 g/mol. The van der Waals surface area contributed by atoms with Gasteiger partial charge >= 0.3 is 11.8 Å². The molecule has 2 amide bonds. The van der Waals surface area contributed by atoms with Crippen molar-refractivity contribution in [1.82, 2.24) is 34.6 Å². The molecule has 2 aromatic carbocycles. The lowest BCUT2D eigenvalue weighted by Gasteiger charge is -2.32. The van der Waals surface area contributed by atoms with Crippen LogP contribution < -0.4 is 21.9 Å². The number of hydrogen-bond acceptors (Lipinski definition) is 7. The molecule has 4 aromatic rings. The van der Waals surface area contributed by atoms with E-state index in [4.69, 9.17) is 5.11 Å². The van der Waals surface area contributed by atoms with Gasteiger partial charge in [0.15, 0.2) is 5.65 Å². The third kappa shape index (κ3) is 7.63. The van der Waals surface area contributed by atoms with Gasteiger partial charge in [-0.3, -0.25) is 19.1 Å². The van der Waals surface area contributed by atoms with E-state index in [9.17, 15) is 23.6 Å². The molecule has 1 aliphatic carbocycles. The Hall–Kier alpha value is -4.88.